The maximum absolute atomic E-state index is 14.0. The number of carboxylic acid groups (broad SMARTS) is 1. The molecular weight excluding hydrogens is 651 g/mol. The number of hydrogen-bond acceptors (Lipinski definition) is 10. The molecule has 0 spiro atoms. The number of amidine groups is 1. The molecule has 0 saturated carbocycles. The predicted octanol–water partition coefficient (Wildman–Crippen LogP) is 4.32. The molecule has 2 saturated heterocycles. The number of nitrogens with zero attached hydrogens (tertiary/aromatic N) is 5. The SMILES string of the molecule is COC(=O)C1=C(CN2CCN3C(=O)N(c4ccc(OC(C)(C)C(=O)O)cc4)C[C@@H]3C2)NC(c2nccs2)=N[C@H]1c1ccc(F)cc1Cl. The Balaban J connectivity index is 1.23. The third-order valence-electron chi connectivity index (χ3n) is 8.28. The Bertz CT molecular complexity index is 1770. The summed E-state index contributed by atoms with van der Waals surface area (Å²) < 4.78 is 24.8. The molecule has 2 N–H and O–H groups in total. The molecule has 3 aromatic rings. The summed E-state index contributed by atoms with van der Waals surface area (Å²) in [6.07, 6.45) is 1.66. The van der Waals surface area contributed by atoms with E-state index < -0.39 is 29.4 Å². The van der Waals surface area contributed by atoms with E-state index in [9.17, 15) is 23.9 Å². The number of aliphatic carboxylic acids is 1. The van der Waals surface area contributed by atoms with Crippen molar-refractivity contribution in [3.63, 3.8) is 0 Å². The van der Waals surface area contributed by atoms with Crippen LogP contribution in [-0.2, 0) is 14.3 Å². The number of thiazole rings is 1. The van der Waals surface area contributed by atoms with Gasteiger partial charge in [0.25, 0.3) is 0 Å². The van der Waals surface area contributed by atoms with Crippen LogP contribution >= 0.6 is 22.9 Å². The number of esters is 1. The van der Waals surface area contributed by atoms with Crippen LogP contribution in [0.25, 0.3) is 0 Å². The largest absolute Gasteiger partial charge is 0.478 e. The van der Waals surface area contributed by atoms with Crippen LogP contribution in [0.1, 0.15) is 30.5 Å². The fourth-order valence-electron chi connectivity index (χ4n) is 5.86. The van der Waals surface area contributed by atoms with Crippen LogP contribution in [0.2, 0.25) is 5.02 Å². The van der Waals surface area contributed by atoms with Crippen molar-refractivity contribution in [1.82, 2.24) is 20.1 Å². The van der Waals surface area contributed by atoms with Gasteiger partial charge in [-0.15, -0.1) is 11.3 Å². The second-order valence-corrected chi connectivity index (χ2v) is 13.1. The van der Waals surface area contributed by atoms with E-state index in [1.807, 2.05) is 10.3 Å². The average molecular weight is 683 g/mol. The molecule has 0 unspecified atom stereocenters. The molecule has 6 rings (SSSR count). The Hall–Kier alpha value is -4.53. The highest BCUT2D eigenvalue weighted by atomic mass is 35.5. The molecule has 3 aliphatic rings. The minimum Gasteiger partial charge on any atom is -0.478 e. The summed E-state index contributed by atoms with van der Waals surface area (Å²) in [6, 6.07) is 9.63. The number of rotatable bonds is 9. The number of aliphatic imine (C=N–C) groups is 1. The van der Waals surface area contributed by atoms with Gasteiger partial charge in [0.05, 0.1) is 18.7 Å². The van der Waals surface area contributed by atoms with Crippen molar-refractivity contribution in [3.8, 4) is 5.75 Å². The Kier molecular flexibility index (Phi) is 8.92. The van der Waals surface area contributed by atoms with Crippen LogP contribution in [0.5, 0.6) is 5.75 Å². The summed E-state index contributed by atoms with van der Waals surface area (Å²) in [6.45, 7) is 5.22. The number of halogens is 2. The smallest absolute Gasteiger partial charge is 0.347 e. The van der Waals surface area contributed by atoms with Crippen molar-refractivity contribution in [2.75, 3.05) is 44.7 Å². The second-order valence-electron chi connectivity index (χ2n) is 11.8. The third kappa shape index (κ3) is 6.53. The molecule has 12 nitrogen and oxygen atoms in total. The van der Waals surface area contributed by atoms with Gasteiger partial charge in [0, 0.05) is 66.3 Å². The number of aromatic nitrogens is 1. The molecule has 0 radical (unpaired) electrons. The van der Waals surface area contributed by atoms with Gasteiger partial charge >= 0.3 is 18.0 Å². The van der Waals surface area contributed by atoms with Gasteiger partial charge in [-0.3, -0.25) is 14.8 Å². The lowest BCUT2D eigenvalue weighted by Gasteiger charge is -2.38. The lowest BCUT2D eigenvalue weighted by Crippen LogP contribution is -2.53. The van der Waals surface area contributed by atoms with Crippen LogP contribution in [0.4, 0.5) is 14.9 Å². The fourth-order valence-corrected chi connectivity index (χ4v) is 6.71. The van der Waals surface area contributed by atoms with Gasteiger partial charge in [-0.1, -0.05) is 17.7 Å². The Morgan fingerprint density at radius 1 is 1.17 bits per heavy atom. The lowest BCUT2D eigenvalue weighted by molar-refractivity contribution is -0.152. The molecule has 2 atom stereocenters. The van der Waals surface area contributed by atoms with Gasteiger partial charge in [0.2, 0.25) is 0 Å². The Morgan fingerprint density at radius 2 is 1.94 bits per heavy atom. The number of nitrogens with one attached hydrogen (secondary N) is 1. The van der Waals surface area contributed by atoms with E-state index in [1.165, 1.54) is 50.5 Å². The van der Waals surface area contributed by atoms with Gasteiger partial charge < -0.3 is 24.8 Å². The van der Waals surface area contributed by atoms with Crippen LogP contribution in [0, 0.1) is 5.82 Å². The van der Waals surface area contributed by atoms with Gasteiger partial charge in [0.15, 0.2) is 16.4 Å². The first kappa shape index (κ1) is 32.4. The monoisotopic (exact) mass is 682 g/mol. The number of urea groups is 1. The first-order chi connectivity index (χ1) is 22.4. The summed E-state index contributed by atoms with van der Waals surface area (Å²) >= 11 is 7.85. The molecule has 2 amide bonds. The highest BCUT2D eigenvalue weighted by Gasteiger charge is 2.42. The minimum absolute atomic E-state index is 0.122. The molecule has 2 fully saturated rings. The molecule has 246 valence electrons. The van der Waals surface area contributed by atoms with E-state index in [1.54, 1.807) is 35.4 Å². The number of ether oxygens (including phenoxy) is 2. The summed E-state index contributed by atoms with van der Waals surface area (Å²) in [4.78, 5) is 53.0. The fraction of sp³-hybridized carbons (Fsp3) is 0.344. The molecular formula is C32H32ClFN6O6S. The van der Waals surface area contributed by atoms with Crippen LogP contribution in [-0.4, -0.2) is 95.2 Å². The van der Waals surface area contributed by atoms with Crippen molar-refractivity contribution in [3.05, 3.63) is 86.7 Å². The third-order valence-corrected chi connectivity index (χ3v) is 9.39. The minimum atomic E-state index is -1.40. The Morgan fingerprint density at radius 3 is 2.60 bits per heavy atom. The molecule has 2 aromatic carbocycles. The maximum atomic E-state index is 14.0. The lowest BCUT2D eigenvalue weighted by atomic mass is 9.95. The normalized spacial score (nSPS) is 20.1. The van der Waals surface area contributed by atoms with E-state index in [2.05, 4.69) is 15.2 Å². The van der Waals surface area contributed by atoms with E-state index >= 15 is 0 Å². The topological polar surface area (TPSA) is 137 Å². The summed E-state index contributed by atoms with van der Waals surface area (Å²) in [5.41, 5.74) is 0.526. The number of piperazine rings is 1. The van der Waals surface area contributed by atoms with Crippen LogP contribution in [0.3, 0.4) is 0 Å². The van der Waals surface area contributed by atoms with E-state index in [-0.39, 0.29) is 22.7 Å². The van der Waals surface area contributed by atoms with Crippen molar-refractivity contribution in [2.45, 2.75) is 31.5 Å². The van der Waals surface area contributed by atoms with E-state index in [4.69, 9.17) is 26.1 Å². The number of carbonyl (C=O) groups is 3. The van der Waals surface area contributed by atoms with Crippen LogP contribution in [0.15, 0.2) is 70.3 Å². The average Bonchev–Trinajstić information content (AvgIpc) is 3.69. The molecule has 4 heterocycles. The standard InChI is InChI=1S/C32H32ClFN6O6S/c1-32(2,30(42)43)46-21-7-5-19(6-8-21)40-16-20-15-38(11-12-39(20)31(40)44)17-24-25(29(41)45-3)26(22-9-4-18(34)14-23(22)33)37-27(36-24)28-35-10-13-47-28/h4-10,13-14,20,26H,11-12,15-17H2,1-3H3,(H,36,37)(H,42,43)/t20-,26-/m0/s1. The number of fused-ring (bicyclic) bond motifs is 1. The van der Waals surface area contributed by atoms with E-state index in [0.717, 1.165) is 0 Å². The molecule has 0 aliphatic carbocycles. The van der Waals surface area contributed by atoms with Gasteiger partial charge in [-0.2, -0.15) is 0 Å². The van der Waals surface area contributed by atoms with E-state index in [0.29, 0.717) is 66.3 Å². The molecule has 15 heteroatoms. The quantitative estimate of drug-likeness (QED) is 0.316. The van der Waals surface area contributed by atoms with Crippen molar-refractivity contribution in [1.29, 1.82) is 0 Å². The summed E-state index contributed by atoms with van der Waals surface area (Å²) in [7, 11) is 1.29. The molecule has 0 bridgehead atoms. The number of benzene rings is 2. The first-order valence-electron chi connectivity index (χ1n) is 14.8. The number of carboxylic acids is 1. The zero-order valence-electron chi connectivity index (χ0n) is 25.8. The highest BCUT2D eigenvalue weighted by molar-refractivity contribution is 7.11. The van der Waals surface area contributed by atoms with Gasteiger partial charge in [-0.05, 0) is 50.2 Å². The predicted molar refractivity (Wildman–Crippen MR) is 173 cm³/mol. The Labute approximate surface area is 279 Å². The molecule has 3 aliphatic heterocycles. The van der Waals surface area contributed by atoms with Crippen LogP contribution < -0.4 is 15.0 Å². The summed E-state index contributed by atoms with van der Waals surface area (Å²) in [5, 5.41) is 15.2. The summed E-state index contributed by atoms with van der Waals surface area (Å²) in [5.74, 6) is -1.36. The highest BCUT2D eigenvalue weighted by Crippen LogP contribution is 2.37. The number of methoxy groups -OCH3 is 1. The van der Waals surface area contributed by atoms with Crippen molar-refractivity contribution in [2.24, 2.45) is 4.99 Å². The van der Waals surface area contributed by atoms with Gasteiger partial charge in [-0.25, -0.2) is 23.8 Å². The molecule has 1 aromatic heterocycles. The first-order valence-corrected chi connectivity index (χ1v) is 16.0. The zero-order chi connectivity index (χ0) is 33.5. The maximum Gasteiger partial charge on any atom is 0.347 e. The van der Waals surface area contributed by atoms with Crippen molar-refractivity contribution < 1.29 is 33.4 Å². The molecule has 47 heavy (non-hydrogen) atoms. The zero-order valence-corrected chi connectivity index (χ0v) is 27.3. The van der Waals surface area contributed by atoms with Crippen molar-refractivity contribution >= 4 is 52.4 Å². The number of carbonyl (C=O) groups excluding carboxylic acids is 2. The number of anilines is 1. The number of hydrogen-bond donors (Lipinski definition) is 2. The van der Waals surface area contributed by atoms with Gasteiger partial charge in [0.1, 0.15) is 17.6 Å². The second kappa shape index (κ2) is 12.9. The number of amides is 2.